The Bertz CT molecular complexity index is 313. The number of nitrogens with two attached hydrogens (primary N) is 1. The molecule has 0 spiro atoms. The van der Waals surface area contributed by atoms with E-state index in [2.05, 4.69) is 5.32 Å². The van der Waals surface area contributed by atoms with Crippen LogP contribution in [0.25, 0.3) is 0 Å². The minimum atomic E-state index is -0.894. The Morgan fingerprint density at radius 3 is 2.41 bits per heavy atom. The Balaban J connectivity index is 2.27. The highest BCUT2D eigenvalue weighted by molar-refractivity contribution is 5.96. The van der Waals surface area contributed by atoms with E-state index in [1.165, 1.54) is 0 Å². The average Bonchev–Trinajstić information content (AvgIpc) is 2.77. The molecule has 0 aliphatic carbocycles. The van der Waals surface area contributed by atoms with Crippen molar-refractivity contribution >= 4 is 17.8 Å². The first-order valence-corrected chi connectivity index (χ1v) is 5.62. The summed E-state index contributed by atoms with van der Waals surface area (Å²) in [5.74, 6) is -0.562. The Labute approximate surface area is 99.7 Å². The molecule has 4 amide bonds. The van der Waals surface area contributed by atoms with Crippen molar-refractivity contribution in [3.8, 4) is 0 Å². The molecule has 4 N–H and O–H groups in total. The highest BCUT2D eigenvalue weighted by Crippen LogP contribution is 2.06. The number of rotatable bonds is 4. The largest absolute Gasteiger partial charge is 0.351 e. The van der Waals surface area contributed by atoms with Gasteiger partial charge in [0.1, 0.15) is 0 Å². The van der Waals surface area contributed by atoms with Crippen LogP contribution in [-0.4, -0.2) is 48.4 Å². The van der Waals surface area contributed by atoms with Gasteiger partial charge < -0.3 is 10.6 Å². The van der Waals surface area contributed by atoms with Crippen LogP contribution in [0.15, 0.2) is 0 Å². The molecule has 0 radical (unpaired) electrons. The van der Waals surface area contributed by atoms with Crippen LogP contribution in [0.3, 0.4) is 0 Å². The van der Waals surface area contributed by atoms with Crippen molar-refractivity contribution in [1.82, 2.24) is 15.5 Å². The zero-order chi connectivity index (χ0) is 12.8. The third-order valence-corrected chi connectivity index (χ3v) is 2.66. The molecule has 0 bridgehead atoms. The van der Waals surface area contributed by atoms with Gasteiger partial charge >= 0.3 is 6.03 Å². The second kappa shape index (κ2) is 6.19. The maximum Gasteiger partial charge on any atom is 0.318 e. The second-order valence-electron chi connectivity index (χ2n) is 4.04. The van der Waals surface area contributed by atoms with Gasteiger partial charge in [-0.25, -0.2) is 4.79 Å². The molecule has 0 aromatic rings. The third-order valence-electron chi connectivity index (χ3n) is 2.66. The summed E-state index contributed by atoms with van der Waals surface area (Å²) >= 11 is 0. The van der Waals surface area contributed by atoms with Crippen molar-refractivity contribution in [2.24, 2.45) is 5.73 Å². The van der Waals surface area contributed by atoms with Crippen LogP contribution in [0.4, 0.5) is 4.79 Å². The fourth-order valence-electron chi connectivity index (χ4n) is 1.64. The summed E-state index contributed by atoms with van der Waals surface area (Å²) in [5, 5.41) is 4.70. The first-order valence-electron chi connectivity index (χ1n) is 5.62. The highest BCUT2D eigenvalue weighted by Gasteiger charge is 2.20. The van der Waals surface area contributed by atoms with Crippen molar-refractivity contribution < 1.29 is 14.4 Å². The standard InChI is InChI=1S/C10H18N4O3/c1-7(9(16)13-10(11)17)12-6-8(15)14-4-2-3-5-14/h7,12H,2-6H2,1H3,(H3,11,13,16,17). The molecule has 1 fully saturated rings. The van der Waals surface area contributed by atoms with E-state index >= 15 is 0 Å². The molecule has 1 heterocycles. The Morgan fingerprint density at radius 1 is 1.29 bits per heavy atom. The summed E-state index contributed by atoms with van der Waals surface area (Å²) < 4.78 is 0. The van der Waals surface area contributed by atoms with Crippen molar-refractivity contribution in [2.45, 2.75) is 25.8 Å². The number of urea groups is 1. The van der Waals surface area contributed by atoms with E-state index in [-0.39, 0.29) is 12.5 Å². The Hall–Kier alpha value is -1.63. The molecule has 1 unspecified atom stereocenters. The van der Waals surface area contributed by atoms with Crippen LogP contribution in [-0.2, 0) is 9.59 Å². The number of likely N-dealkylation sites (tertiary alicyclic amines) is 1. The molecule has 96 valence electrons. The molecule has 7 heteroatoms. The molecule has 17 heavy (non-hydrogen) atoms. The van der Waals surface area contributed by atoms with Gasteiger partial charge in [0, 0.05) is 13.1 Å². The van der Waals surface area contributed by atoms with Crippen LogP contribution in [0.1, 0.15) is 19.8 Å². The minimum Gasteiger partial charge on any atom is -0.351 e. The molecule has 1 saturated heterocycles. The van der Waals surface area contributed by atoms with Crippen molar-refractivity contribution in [2.75, 3.05) is 19.6 Å². The smallest absolute Gasteiger partial charge is 0.318 e. The summed E-state index contributed by atoms with van der Waals surface area (Å²) in [6.07, 6.45) is 2.06. The first kappa shape index (κ1) is 13.4. The lowest BCUT2D eigenvalue weighted by Crippen LogP contribution is -2.49. The Kier molecular flexibility index (Phi) is 4.89. The molecular formula is C10H18N4O3. The lowest BCUT2D eigenvalue weighted by Gasteiger charge is -2.17. The summed E-state index contributed by atoms with van der Waals surface area (Å²) in [6.45, 7) is 3.22. The van der Waals surface area contributed by atoms with Crippen LogP contribution >= 0.6 is 0 Å². The zero-order valence-corrected chi connectivity index (χ0v) is 9.86. The van der Waals surface area contributed by atoms with Gasteiger partial charge in [0.2, 0.25) is 11.8 Å². The number of nitrogens with zero attached hydrogens (tertiary/aromatic N) is 1. The zero-order valence-electron chi connectivity index (χ0n) is 9.86. The number of carbonyl (C=O) groups is 3. The summed E-state index contributed by atoms with van der Waals surface area (Å²) in [5.41, 5.74) is 4.81. The van der Waals surface area contributed by atoms with E-state index in [0.717, 1.165) is 25.9 Å². The number of nitrogens with one attached hydrogen (secondary N) is 2. The molecule has 1 atom stereocenters. The van der Waals surface area contributed by atoms with Gasteiger partial charge in [0.25, 0.3) is 0 Å². The fourth-order valence-corrected chi connectivity index (χ4v) is 1.64. The van der Waals surface area contributed by atoms with E-state index in [1.54, 1.807) is 11.8 Å². The molecular weight excluding hydrogens is 224 g/mol. The number of hydrogen-bond acceptors (Lipinski definition) is 4. The van der Waals surface area contributed by atoms with E-state index in [4.69, 9.17) is 5.73 Å². The summed E-state index contributed by atoms with van der Waals surface area (Å²) in [4.78, 5) is 35.1. The second-order valence-corrected chi connectivity index (χ2v) is 4.04. The van der Waals surface area contributed by atoms with E-state index in [9.17, 15) is 14.4 Å². The monoisotopic (exact) mass is 242 g/mol. The number of imide groups is 1. The van der Waals surface area contributed by atoms with Crippen molar-refractivity contribution in [3.05, 3.63) is 0 Å². The predicted molar refractivity (Wildman–Crippen MR) is 61.0 cm³/mol. The van der Waals surface area contributed by atoms with Gasteiger partial charge in [-0.2, -0.15) is 0 Å². The number of primary amides is 1. The third kappa shape index (κ3) is 4.39. The number of amides is 4. The summed E-state index contributed by atoms with van der Waals surface area (Å²) in [6, 6.07) is -1.52. The topological polar surface area (TPSA) is 105 Å². The van der Waals surface area contributed by atoms with Crippen LogP contribution < -0.4 is 16.4 Å². The molecule has 0 aromatic carbocycles. The van der Waals surface area contributed by atoms with Crippen LogP contribution in [0.2, 0.25) is 0 Å². The van der Waals surface area contributed by atoms with Gasteiger partial charge in [-0.1, -0.05) is 0 Å². The maximum atomic E-state index is 11.6. The normalized spacial score (nSPS) is 16.6. The molecule has 0 saturated carbocycles. The van der Waals surface area contributed by atoms with E-state index < -0.39 is 18.0 Å². The van der Waals surface area contributed by atoms with Gasteiger partial charge in [0.15, 0.2) is 0 Å². The van der Waals surface area contributed by atoms with Crippen LogP contribution in [0.5, 0.6) is 0 Å². The van der Waals surface area contributed by atoms with Gasteiger partial charge in [-0.05, 0) is 19.8 Å². The number of carbonyl (C=O) groups excluding carboxylic acids is 3. The minimum absolute atomic E-state index is 0.0266. The van der Waals surface area contributed by atoms with Crippen LogP contribution in [0, 0.1) is 0 Å². The van der Waals surface area contributed by atoms with Crippen molar-refractivity contribution in [1.29, 1.82) is 0 Å². The SMILES string of the molecule is CC(NCC(=O)N1CCCC1)C(=O)NC(N)=O. The molecule has 1 rings (SSSR count). The summed E-state index contributed by atoms with van der Waals surface area (Å²) in [7, 11) is 0. The average molecular weight is 242 g/mol. The highest BCUT2D eigenvalue weighted by atomic mass is 16.2. The lowest BCUT2D eigenvalue weighted by atomic mass is 10.3. The van der Waals surface area contributed by atoms with E-state index in [0.29, 0.717) is 0 Å². The fraction of sp³-hybridized carbons (Fsp3) is 0.700. The molecule has 1 aliphatic rings. The predicted octanol–water partition coefficient (Wildman–Crippen LogP) is -1.22. The Morgan fingerprint density at radius 2 is 1.88 bits per heavy atom. The van der Waals surface area contributed by atoms with Gasteiger partial charge in [-0.15, -0.1) is 0 Å². The number of hydrogen-bond donors (Lipinski definition) is 3. The quantitative estimate of drug-likeness (QED) is 0.574. The van der Waals surface area contributed by atoms with Crippen molar-refractivity contribution in [3.63, 3.8) is 0 Å². The molecule has 0 aromatic heterocycles. The van der Waals surface area contributed by atoms with Gasteiger partial charge in [0.05, 0.1) is 12.6 Å². The maximum absolute atomic E-state index is 11.6. The van der Waals surface area contributed by atoms with Gasteiger partial charge in [-0.3, -0.25) is 20.2 Å². The molecule has 1 aliphatic heterocycles. The van der Waals surface area contributed by atoms with E-state index in [1.807, 2.05) is 5.32 Å². The molecule has 7 nitrogen and oxygen atoms in total. The first-order chi connectivity index (χ1) is 8.00. The lowest BCUT2D eigenvalue weighted by molar-refractivity contribution is -0.129.